The highest BCUT2D eigenvalue weighted by Gasteiger charge is 2.21. The van der Waals surface area contributed by atoms with E-state index in [-0.39, 0.29) is 5.56 Å². The van der Waals surface area contributed by atoms with Gasteiger partial charge in [0, 0.05) is 18.0 Å². The largest absolute Gasteiger partial charge is 0.356 e. The first-order valence-corrected chi connectivity index (χ1v) is 9.36. The van der Waals surface area contributed by atoms with E-state index in [1.807, 2.05) is 4.57 Å². The Hall–Kier alpha value is -1.36. The second-order valence-electron chi connectivity index (χ2n) is 6.06. The Bertz CT molecular complexity index is 717. The van der Waals surface area contributed by atoms with Gasteiger partial charge in [0.2, 0.25) is 5.95 Å². The Kier molecular flexibility index (Phi) is 4.81. The summed E-state index contributed by atoms with van der Waals surface area (Å²) >= 11 is 1.73. The van der Waals surface area contributed by atoms with E-state index in [4.69, 9.17) is 4.98 Å². The van der Waals surface area contributed by atoms with Gasteiger partial charge in [-0.2, -0.15) is 0 Å². The molecule has 0 unspecified atom stereocenters. The van der Waals surface area contributed by atoms with Crippen LogP contribution in [-0.4, -0.2) is 16.1 Å². The molecule has 1 aliphatic rings. The van der Waals surface area contributed by atoms with Crippen LogP contribution in [0.1, 0.15) is 56.4 Å². The Morgan fingerprint density at radius 3 is 2.82 bits per heavy atom. The van der Waals surface area contributed by atoms with Crippen molar-refractivity contribution in [3.8, 4) is 0 Å². The molecule has 5 heteroatoms. The van der Waals surface area contributed by atoms with E-state index in [1.165, 1.54) is 23.3 Å². The number of nitrogens with one attached hydrogen (secondary N) is 1. The Labute approximate surface area is 135 Å². The van der Waals surface area contributed by atoms with Crippen LogP contribution in [0.5, 0.6) is 0 Å². The maximum Gasteiger partial charge on any atom is 0.263 e. The topological polar surface area (TPSA) is 46.9 Å². The molecule has 0 bridgehead atoms. The Morgan fingerprint density at radius 2 is 2.05 bits per heavy atom. The first kappa shape index (κ1) is 15.5. The van der Waals surface area contributed by atoms with Crippen LogP contribution in [0, 0.1) is 0 Å². The molecule has 2 aromatic heterocycles. The van der Waals surface area contributed by atoms with E-state index >= 15 is 0 Å². The van der Waals surface area contributed by atoms with Crippen molar-refractivity contribution in [1.29, 1.82) is 0 Å². The smallest absolute Gasteiger partial charge is 0.263 e. The molecule has 1 N–H and O–H groups in total. The molecule has 4 nitrogen and oxygen atoms in total. The molecule has 0 atom stereocenters. The summed E-state index contributed by atoms with van der Waals surface area (Å²) in [5.74, 6) is 0.756. The molecule has 0 saturated heterocycles. The maximum absolute atomic E-state index is 13.0. The zero-order chi connectivity index (χ0) is 15.5. The summed E-state index contributed by atoms with van der Waals surface area (Å²) in [6.07, 6.45) is 7.78. The Morgan fingerprint density at radius 1 is 1.23 bits per heavy atom. The van der Waals surface area contributed by atoms with Crippen LogP contribution in [0.15, 0.2) is 4.79 Å². The fourth-order valence-corrected chi connectivity index (χ4v) is 4.43. The van der Waals surface area contributed by atoms with Gasteiger partial charge in [-0.05, 0) is 44.1 Å². The van der Waals surface area contributed by atoms with Gasteiger partial charge in [-0.1, -0.05) is 20.3 Å². The highest BCUT2D eigenvalue weighted by Crippen LogP contribution is 2.34. The van der Waals surface area contributed by atoms with E-state index in [1.54, 1.807) is 11.3 Å². The van der Waals surface area contributed by atoms with E-state index < -0.39 is 0 Å². The van der Waals surface area contributed by atoms with Crippen molar-refractivity contribution in [3.63, 3.8) is 0 Å². The number of anilines is 1. The predicted molar refractivity (Wildman–Crippen MR) is 94.2 cm³/mol. The van der Waals surface area contributed by atoms with Gasteiger partial charge < -0.3 is 5.32 Å². The zero-order valence-electron chi connectivity index (χ0n) is 13.6. The molecule has 0 aliphatic heterocycles. The van der Waals surface area contributed by atoms with Gasteiger partial charge in [-0.3, -0.25) is 9.36 Å². The average Bonchev–Trinajstić information content (AvgIpc) is 2.89. The van der Waals surface area contributed by atoms with Crippen LogP contribution in [0.3, 0.4) is 0 Å². The van der Waals surface area contributed by atoms with E-state index in [9.17, 15) is 4.79 Å². The van der Waals surface area contributed by atoms with Crippen molar-refractivity contribution in [2.24, 2.45) is 0 Å². The summed E-state index contributed by atoms with van der Waals surface area (Å²) in [5, 5.41) is 4.27. The van der Waals surface area contributed by atoms with Crippen molar-refractivity contribution in [2.45, 2.75) is 65.3 Å². The van der Waals surface area contributed by atoms with E-state index in [0.717, 1.165) is 61.4 Å². The number of hydrogen-bond donors (Lipinski definition) is 1. The quantitative estimate of drug-likeness (QED) is 0.820. The summed E-state index contributed by atoms with van der Waals surface area (Å²) in [6.45, 7) is 5.89. The lowest BCUT2D eigenvalue weighted by Gasteiger charge is -2.14. The molecular formula is C17H25N3OS. The number of aromatic nitrogens is 2. The SMILES string of the molecule is CCCCNc1nc2sc3c(c2c(=O)n1CCC)CCCC3. The minimum atomic E-state index is 0.158. The molecule has 0 amide bonds. The van der Waals surface area contributed by atoms with Gasteiger partial charge >= 0.3 is 0 Å². The fraction of sp³-hybridized carbons (Fsp3) is 0.647. The number of thiophene rings is 1. The average molecular weight is 319 g/mol. The van der Waals surface area contributed by atoms with Crippen LogP contribution >= 0.6 is 11.3 Å². The van der Waals surface area contributed by atoms with Crippen molar-refractivity contribution >= 4 is 27.5 Å². The summed E-state index contributed by atoms with van der Waals surface area (Å²) in [5.41, 5.74) is 1.44. The van der Waals surface area contributed by atoms with Gasteiger partial charge in [0.1, 0.15) is 4.83 Å². The molecule has 2 aromatic rings. The number of fused-ring (bicyclic) bond motifs is 3. The number of rotatable bonds is 6. The minimum Gasteiger partial charge on any atom is -0.356 e. The summed E-state index contributed by atoms with van der Waals surface area (Å²) in [7, 11) is 0. The third-order valence-corrected chi connectivity index (χ3v) is 5.52. The van der Waals surface area contributed by atoms with Gasteiger partial charge in [-0.25, -0.2) is 4.98 Å². The number of hydrogen-bond acceptors (Lipinski definition) is 4. The molecule has 0 aromatic carbocycles. The standard InChI is InChI=1S/C17H25N3OS/c1-3-5-10-18-17-19-15-14(16(21)20(17)11-4-2)12-8-6-7-9-13(12)22-15/h3-11H2,1-2H3,(H,18,19). The minimum absolute atomic E-state index is 0.158. The molecule has 22 heavy (non-hydrogen) atoms. The molecule has 0 fully saturated rings. The lowest BCUT2D eigenvalue weighted by atomic mass is 9.97. The summed E-state index contributed by atoms with van der Waals surface area (Å²) in [6, 6.07) is 0. The van der Waals surface area contributed by atoms with Crippen LogP contribution in [-0.2, 0) is 19.4 Å². The van der Waals surface area contributed by atoms with Crippen LogP contribution in [0.2, 0.25) is 0 Å². The molecule has 1 aliphatic carbocycles. The fourth-order valence-electron chi connectivity index (χ4n) is 3.18. The van der Waals surface area contributed by atoms with Crippen molar-refractivity contribution in [1.82, 2.24) is 9.55 Å². The first-order valence-electron chi connectivity index (χ1n) is 8.55. The summed E-state index contributed by atoms with van der Waals surface area (Å²) < 4.78 is 1.85. The van der Waals surface area contributed by atoms with Crippen LogP contribution in [0.4, 0.5) is 5.95 Å². The van der Waals surface area contributed by atoms with Crippen LogP contribution < -0.4 is 10.9 Å². The van der Waals surface area contributed by atoms with Crippen molar-refractivity contribution in [3.05, 3.63) is 20.8 Å². The van der Waals surface area contributed by atoms with Crippen molar-refractivity contribution in [2.75, 3.05) is 11.9 Å². The zero-order valence-corrected chi connectivity index (χ0v) is 14.4. The monoisotopic (exact) mass is 319 g/mol. The van der Waals surface area contributed by atoms with Crippen LogP contribution in [0.25, 0.3) is 10.2 Å². The molecule has 120 valence electrons. The molecule has 2 heterocycles. The van der Waals surface area contributed by atoms with Gasteiger partial charge in [0.15, 0.2) is 0 Å². The maximum atomic E-state index is 13.0. The Balaban J connectivity index is 2.10. The highest BCUT2D eigenvalue weighted by molar-refractivity contribution is 7.18. The van der Waals surface area contributed by atoms with E-state index in [2.05, 4.69) is 19.2 Å². The summed E-state index contributed by atoms with van der Waals surface area (Å²) in [4.78, 5) is 20.1. The molecule has 0 saturated carbocycles. The predicted octanol–water partition coefficient (Wildman–Crippen LogP) is 3.96. The number of unbranched alkanes of at least 4 members (excludes halogenated alkanes) is 1. The van der Waals surface area contributed by atoms with Gasteiger partial charge in [0.25, 0.3) is 5.56 Å². The second kappa shape index (κ2) is 6.82. The normalized spacial score (nSPS) is 14.3. The lowest BCUT2D eigenvalue weighted by Crippen LogP contribution is -2.25. The first-order chi connectivity index (χ1) is 10.8. The molecule has 0 spiro atoms. The lowest BCUT2D eigenvalue weighted by molar-refractivity contribution is 0.649. The van der Waals surface area contributed by atoms with Crippen molar-refractivity contribution < 1.29 is 0 Å². The third-order valence-electron chi connectivity index (χ3n) is 4.34. The highest BCUT2D eigenvalue weighted by atomic mass is 32.1. The van der Waals surface area contributed by atoms with Gasteiger partial charge in [-0.15, -0.1) is 11.3 Å². The number of nitrogens with zero attached hydrogens (tertiary/aromatic N) is 2. The molecular weight excluding hydrogens is 294 g/mol. The number of aryl methyl sites for hydroxylation is 2. The molecule has 3 rings (SSSR count). The third kappa shape index (κ3) is 2.78. The van der Waals surface area contributed by atoms with Gasteiger partial charge in [0.05, 0.1) is 5.39 Å². The molecule has 0 radical (unpaired) electrons. The van der Waals surface area contributed by atoms with E-state index in [0.29, 0.717) is 0 Å². The second-order valence-corrected chi connectivity index (χ2v) is 7.15.